The SMILES string of the molecule is O=C(O)C1(C(=O)Nc2cc(F)ccc2Br)CCC1. The molecule has 2 N–H and O–H groups in total. The summed E-state index contributed by atoms with van der Waals surface area (Å²) in [6.07, 6.45) is 1.35. The van der Waals surface area contributed by atoms with E-state index < -0.39 is 23.1 Å². The van der Waals surface area contributed by atoms with E-state index >= 15 is 0 Å². The van der Waals surface area contributed by atoms with Gasteiger partial charge in [0.2, 0.25) is 5.91 Å². The molecular formula is C12H11BrFNO3. The molecule has 1 aromatic rings. The number of nitrogens with one attached hydrogen (secondary N) is 1. The Bertz CT molecular complexity index is 514. The number of anilines is 1. The second-order valence-electron chi connectivity index (χ2n) is 4.32. The van der Waals surface area contributed by atoms with E-state index in [9.17, 15) is 14.0 Å². The zero-order valence-electron chi connectivity index (χ0n) is 9.37. The van der Waals surface area contributed by atoms with Crippen LogP contribution in [0.15, 0.2) is 22.7 Å². The number of halogens is 2. The van der Waals surface area contributed by atoms with E-state index in [0.29, 0.717) is 23.7 Å². The van der Waals surface area contributed by atoms with Gasteiger partial charge in [-0.1, -0.05) is 6.42 Å². The van der Waals surface area contributed by atoms with E-state index in [4.69, 9.17) is 5.11 Å². The van der Waals surface area contributed by atoms with Gasteiger partial charge in [-0.15, -0.1) is 0 Å². The Morgan fingerprint density at radius 1 is 1.39 bits per heavy atom. The molecule has 2 rings (SSSR count). The van der Waals surface area contributed by atoms with Crippen LogP contribution in [-0.4, -0.2) is 17.0 Å². The van der Waals surface area contributed by atoms with E-state index in [0.717, 1.165) is 6.07 Å². The zero-order valence-corrected chi connectivity index (χ0v) is 11.0. The van der Waals surface area contributed by atoms with Crippen molar-refractivity contribution in [1.29, 1.82) is 0 Å². The number of rotatable bonds is 3. The lowest BCUT2D eigenvalue weighted by molar-refractivity contribution is -0.159. The van der Waals surface area contributed by atoms with Crippen LogP contribution in [0.3, 0.4) is 0 Å². The van der Waals surface area contributed by atoms with Crippen molar-refractivity contribution in [1.82, 2.24) is 0 Å². The molecule has 1 amide bonds. The van der Waals surface area contributed by atoms with Crippen LogP contribution in [0.4, 0.5) is 10.1 Å². The quantitative estimate of drug-likeness (QED) is 0.843. The van der Waals surface area contributed by atoms with Gasteiger partial charge in [-0.25, -0.2) is 4.39 Å². The van der Waals surface area contributed by atoms with Gasteiger partial charge < -0.3 is 10.4 Å². The Morgan fingerprint density at radius 2 is 2.06 bits per heavy atom. The van der Waals surface area contributed by atoms with Crippen LogP contribution in [0.1, 0.15) is 19.3 Å². The van der Waals surface area contributed by atoms with E-state index in [-0.39, 0.29) is 5.69 Å². The molecule has 96 valence electrons. The summed E-state index contributed by atoms with van der Waals surface area (Å²) >= 11 is 3.17. The summed E-state index contributed by atoms with van der Waals surface area (Å²) in [5, 5.41) is 11.6. The smallest absolute Gasteiger partial charge is 0.319 e. The molecule has 1 fully saturated rings. The van der Waals surface area contributed by atoms with Crippen molar-refractivity contribution in [3.63, 3.8) is 0 Å². The molecule has 1 saturated carbocycles. The number of carbonyl (C=O) groups excluding carboxylic acids is 1. The lowest BCUT2D eigenvalue weighted by Crippen LogP contribution is -2.48. The van der Waals surface area contributed by atoms with Crippen LogP contribution in [0, 0.1) is 11.2 Å². The Labute approximate surface area is 111 Å². The fourth-order valence-electron chi connectivity index (χ4n) is 1.90. The van der Waals surface area contributed by atoms with Crippen LogP contribution in [0.25, 0.3) is 0 Å². The number of aliphatic carboxylic acids is 1. The van der Waals surface area contributed by atoms with Crippen molar-refractivity contribution in [2.45, 2.75) is 19.3 Å². The fraction of sp³-hybridized carbons (Fsp3) is 0.333. The first-order valence-electron chi connectivity index (χ1n) is 5.45. The van der Waals surface area contributed by atoms with E-state index in [2.05, 4.69) is 21.2 Å². The molecule has 1 aliphatic carbocycles. The molecule has 0 spiro atoms. The van der Waals surface area contributed by atoms with Gasteiger partial charge in [-0.05, 0) is 47.0 Å². The molecule has 0 aliphatic heterocycles. The Hall–Kier alpha value is -1.43. The molecule has 0 aromatic heterocycles. The van der Waals surface area contributed by atoms with Gasteiger partial charge in [0.05, 0.1) is 5.69 Å². The van der Waals surface area contributed by atoms with E-state index in [1.165, 1.54) is 12.1 Å². The second-order valence-corrected chi connectivity index (χ2v) is 5.17. The third-order valence-corrected chi connectivity index (χ3v) is 3.92. The first-order chi connectivity index (χ1) is 8.45. The molecule has 0 bridgehead atoms. The largest absolute Gasteiger partial charge is 0.480 e. The first kappa shape index (κ1) is 13.0. The highest BCUT2D eigenvalue weighted by atomic mass is 79.9. The number of benzene rings is 1. The van der Waals surface area contributed by atoms with Crippen molar-refractivity contribution in [3.05, 3.63) is 28.5 Å². The number of amides is 1. The highest BCUT2D eigenvalue weighted by Crippen LogP contribution is 2.42. The average molecular weight is 316 g/mol. The number of carbonyl (C=O) groups is 2. The maximum atomic E-state index is 13.1. The van der Waals surface area contributed by atoms with Crippen LogP contribution in [0.5, 0.6) is 0 Å². The molecule has 1 aliphatic rings. The van der Waals surface area contributed by atoms with Crippen molar-refractivity contribution in [2.24, 2.45) is 5.41 Å². The second kappa shape index (κ2) is 4.68. The summed E-state index contributed by atoms with van der Waals surface area (Å²) in [6.45, 7) is 0. The van der Waals surface area contributed by atoms with Gasteiger partial charge in [-0.2, -0.15) is 0 Å². The summed E-state index contributed by atoms with van der Waals surface area (Å²) < 4.78 is 13.6. The summed E-state index contributed by atoms with van der Waals surface area (Å²) in [5.74, 6) is -2.21. The minimum Gasteiger partial charge on any atom is -0.480 e. The molecular weight excluding hydrogens is 305 g/mol. The van der Waals surface area contributed by atoms with E-state index in [1.54, 1.807) is 0 Å². The molecule has 6 heteroatoms. The van der Waals surface area contributed by atoms with Crippen molar-refractivity contribution in [2.75, 3.05) is 5.32 Å². The lowest BCUT2D eigenvalue weighted by atomic mass is 9.68. The average Bonchev–Trinajstić information content (AvgIpc) is 2.21. The van der Waals surface area contributed by atoms with E-state index in [1.807, 2.05) is 0 Å². The predicted molar refractivity (Wildman–Crippen MR) is 66.6 cm³/mol. The summed E-state index contributed by atoms with van der Waals surface area (Å²) in [5.41, 5.74) is -1.11. The van der Waals surface area contributed by atoms with Crippen molar-refractivity contribution < 1.29 is 19.1 Å². The Kier molecular flexibility index (Phi) is 3.38. The van der Waals surface area contributed by atoms with Gasteiger partial charge in [0.25, 0.3) is 0 Å². The molecule has 4 nitrogen and oxygen atoms in total. The number of carboxylic acid groups (broad SMARTS) is 1. The van der Waals surface area contributed by atoms with Gasteiger partial charge in [0.15, 0.2) is 0 Å². The molecule has 0 atom stereocenters. The molecule has 0 unspecified atom stereocenters. The van der Waals surface area contributed by atoms with Crippen molar-refractivity contribution >= 4 is 33.5 Å². The minimum atomic E-state index is -1.36. The Balaban J connectivity index is 2.21. The molecule has 18 heavy (non-hydrogen) atoms. The van der Waals surface area contributed by atoms with Gasteiger partial charge in [0.1, 0.15) is 11.2 Å². The van der Waals surface area contributed by atoms with Gasteiger partial charge in [-0.3, -0.25) is 9.59 Å². The van der Waals surface area contributed by atoms with Gasteiger partial charge in [0, 0.05) is 4.47 Å². The summed E-state index contributed by atoms with van der Waals surface area (Å²) in [6, 6.07) is 3.85. The Morgan fingerprint density at radius 3 is 2.56 bits per heavy atom. The summed E-state index contributed by atoms with van der Waals surface area (Å²) in [4.78, 5) is 23.1. The first-order valence-corrected chi connectivity index (χ1v) is 6.25. The minimum absolute atomic E-state index is 0.243. The van der Waals surface area contributed by atoms with Crippen LogP contribution in [0.2, 0.25) is 0 Å². The molecule has 1 aromatic carbocycles. The molecule has 0 saturated heterocycles. The predicted octanol–water partition coefficient (Wildman–Crippen LogP) is 2.78. The van der Waals surface area contributed by atoms with Crippen molar-refractivity contribution in [3.8, 4) is 0 Å². The highest BCUT2D eigenvalue weighted by molar-refractivity contribution is 9.10. The normalized spacial score (nSPS) is 16.8. The topological polar surface area (TPSA) is 66.4 Å². The van der Waals surface area contributed by atoms with Crippen LogP contribution >= 0.6 is 15.9 Å². The maximum absolute atomic E-state index is 13.1. The zero-order chi connectivity index (χ0) is 13.3. The number of carboxylic acids is 1. The molecule has 0 radical (unpaired) electrons. The standard InChI is InChI=1S/C12H11BrFNO3/c13-8-3-2-7(14)6-9(8)15-10(16)12(11(17)18)4-1-5-12/h2-3,6H,1,4-5H2,(H,15,16)(H,17,18). The number of hydrogen-bond acceptors (Lipinski definition) is 2. The fourth-order valence-corrected chi connectivity index (χ4v) is 2.25. The molecule has 0 heterocycles. The summed E-state index contributed by atoms with van der Waals surface area (Å²) in [7, 11) is 0. The van der Waals surface area contributed by atoms with Crippen LogP contribution < -0.4 is 5.32 Å². The monoisotopic (exact) mass is 315 g/mol. The third-order valence-electron chi connectivity index (χ3n) is 3.23. The van der Waals surface area contributed by atoms with Gasteiger partial charge >= 0.3 is 5.97 Å². The maximum Gasteiger partial charge on any atom is 0.319 e. The highest BCUT2D eigenvalue weighted by Gasteiger charge is 2.51. The third kappa shape index (κ3) is 2.12. The number of hydrogen-bond donors (Lipinski definition) is 2. The van der Waals surface area contributed by atoms with Crippen LogP contribution in [-0.2, 0) is 9.59 Å². The lowest BCUT2D eigenvalue weighted by Gasteiger charge is -2.35.